The van der Waals surface area contributed by atoms with Gasteiger partial charge in [-0.3, -0.25) is 9.59 Å². The molecule has 2 aliphatic rings. The van der Waals surface area contributed by atoms with E-state index >= 15 is 0 Å². The predicted molar refractivity (Wildman–Crippen MR) is 144 cm³/mol. The van der Waals surface area contributed by atoms with Crippen LogP contribution in [0.2, 0.25) is 0 Å². The van der Waals surface area contributed by atoms with Crippen molar-refractivity contribution in [3.05, 3.63) is 64.7 Å². The number of hydrogen-bond acceptors (Lipinski definition) is 6. The molecule has 2 atom stereocenters. The van der Waals surface area contributed by atoms with E-state index in [4.69, 9.17) is 9.47 Å². The van der Waals surface area contributed by atoms with Crippen molar-refractivity contribution in [1.82, 2.24) is 9.80 Å². The van der Waals surface area contributed by atoms with Crippen molar-refractivity contribution in [2.24, 2.45) is 0 Å². The summed E-state index contributed by atoms with van der Waals surface area (Å²) >= 11 is 0. The monoisotopic (exact) mass is 506 g/mol. The molecule has 1 fully saturated rings. The highest BCUT2D eigenvalue weighted by atomic mass is 16.5. The lowest BCUT2D eigenvalue weighted by molar-refractivity contribution is -0.140. The van der Waals surface area contributed by atoms with E-state index in [9.17, 15) is 14.7 Å². The molecule has 198 valence electrons. The molecular weight excluding hydrogens is 468 g/mol. The van der Waals surface area contributed by atoms with Crippen LogP contribution in [-0.4, -0.2) is 65.5 Å². The summed E-state index contributed by atoms with van der Waals surface area (Å²) in [5, 5.41) is 11.4. The predicted octanol–water partition coefficient (Wildman–Crippen LogP) is 4.95. The molecule has 7 heteroatoms. The summed E-state index contributed by atoms with van der Waals surface area (Å²) in [7, 11) is 0. The maximum Gasteiger partial charge on any atom is 0.295 e. The minimum Gasteiger partial charge on any atom is -0.507 e. The number of likely N-dealkylation sites (N-methyl/N-ethyl adjacent to an activating group) is 1. The van der Waals surface area contributed by atoms with Crippen molar-refractivity contribution >= 4 is 17.4 Å². The molecule has 0 saturated carbocycles. The fraction of sp³-hybridized carbons (Fsp3) is 0.467. The number of ketones is 1. The molecule has 0 aromatic heterocycles. The van der Waals surface area contributed by atoms with Crippen molar-refractivity contribution in [1.29, 1.82) is 0 Å². The number of aliphatic hydroxyl groups excluding tert-OH is 1. The maximum atomic E-state index is 13.4. The smallest absolute Gasteiger partial charge is 0.295 e. The number of likely N-dealkylation sites (tertiary alicyclic amines) is 1. The zero-order chi connectivity index (χ0) is 26.5. The van der Waals surface area contributed by atoms with Crippen LogP contribution in [0.15, 0.2) is 48.0 Å². The number of carbonyl (C=O) groups excluding carboxylic acids is 2. The molecule has 1 saturated heterocycles. The summed E-state index contributed by atoms with van der Waals surface area (Å²) in [6.07, 6.45) is 2.82. The number of amides is 1. The van der Waals surface area contributed by atoms with Crippen LogP contribution in [0.5, 0.6) is 11.5 Å². The van der Waals surface area contributed by atoms with E-state index in [1.54, 1.807) is 11.0 Å². The Morgan fingerprint density at radius 3 is 2.51 bits per heavy atom. The van der Waals surface area contributed by atoms with Crippen molar-refractivity contribution in [3.63, 3.8) is 0 Å². The Morgan fingerprint density at radius 1 is 1.11 bits per heavy atom. The first-order valence-electron chi connectivity index (χ1n) is 13.4. The summed E-state index contributed by atoms with van der Waals surface area (Å²) in [6, 6.07) is 12.2. The van der Waals surface area contributed by atoms with Gasteiger partial charge in [0.2, 0.25) is 0 Å². The molecule has 2 aromatic carbocycles. The molecule has 0 bridgehead atoms. The number of fused-ring (bicyclic) bond motifs is 1. The summed E-state index contributed by atoms with van der Waals surface area (Å²) in [5.41, 5.74) is 2.39. The number of aliphatic hydroxyl groups is 1. The highest BCUT2D eigenvalue weighted by Gasteiger charge is 2.46. The summed E-state index contributed by atoms with van der Waals surface area (Å²) < 4.78 is 11.6. The van der Waals surface area contributed by atoms with E-state index in [0.29, 0.717) is 25.3 Å². The van der Waals surface area contributed by atoms with Gasteiger partial charge in [-0.25, -0.2) is 0 Å². The molecular formula is C30H38N2O5. The third-order valence-electron chi connectivity index (χ3n) is 7.22. The van der Waals surface area contributed by atoms with Gasteiger partial charge in [0.25, 0.3) is 11.7 Å². The maximum absolute atomic E-state index is 13.4. The minimum absolute atomic E-state index is 0.0658. The van der Waals surface area contributed by atoms with Gasteiger partial charge in [0.1, 0.15) is 23.4 Å². The van der Waals surface area contributed by atoms with Crippen molar-refractivity contribution < 1.29 is 24.2 Å². The largest absolute Gasteiger partial charge is 0.507 e. The molecule has 0 radical (unpaired) electrons. The SMILES string of the molecule is CCCCOc1ccc(C2C(=C(O)c3ccc4c(c3)CC(C)O4)C(=O)C(=O)N2CCN(CC)CC)cc1. The van der Waals surface area contributed by atoms with Gasteiger partial charge in [-0.05, 0) is 67.9 Å². The number of unbranched alkanes of at least 4 members (excludes halogenated alkanes) is 1. The molecule has 37 heavy (non-hydrogen) atoms. The molecule has 0 aliphatic carbocycles. The van der Waals surface area contributed by atoms with E-state index in [0.717, 1.165) is 55.0 Å². The number of hydrogen-bond donors (Lipinski definition) is 1. The van der Waals surface area contributed by atoms with Crippen molar-refractivity contribution in [2.75, 3.05) is 32.8 Å². The van der Waals surface area contributed by atoms with Crippen LogP contribution >= 0.6 is 0 Å². The fourth-order valence-corrected chi connectivity index (χ4v) is 5.05. The number of carbonyl (C=O) groups is 2. The van der Waals surface area contributed by atoms with Crippen LogP contribution in [0.4, 0.5) is 0 Å². The van der Waals surface area contributed by atoms with Crippen LogP contribution in [0.25, 0.3) is 5.76 Å². The molecule has 1 amide bonds. The summed E-state index contributed by atoms with van der Waals surface area (Å²) in [4.78, 5) is 30.4. The number of benzene rings is 2. The van der Waals surface area contributed by atoms with Gasteiger partial charge in [0.05, 0.1) is 18.2 Å². The third kappa shape index (κ3) is 5.67. The lowest BCUT2D eigenvalue weighted by Gasteiger charge is -2.28. The van der Waals surface area contributed by atoms with Crippen LogP contribution in [0, 0.1) is 0 Å². The quantitative estimate of drug-likeness (QED) is 0.201. The first-order valence-corrected chi connectivity index (χ1v) is 13.4. The normalized spacial score (nSPS) is 20.4. The molecule has 0 spiro atoms. The molecule has 7 nitrogen and oxygen atoms in total. The van der Waals surface area contributed by atoms with Gasteiger partial charge in [0, 0.05) is 25.1 Å². The first kappa shape index (κ1) is 26.7. The Labute approximate surface area is 219 Å². The second-order valence-corrected chi connectivity index (χ2v) is 9.75. The standard InChI is InChI=1S/C30H38N2O5/c1-5-8-17-36-24-12-9-21(10-13-24)27-26(29(34)30(35)32(27)16-15-31(6-2)7-3)28(33)22-11-14-25-23(19-22)18-20(4)37-25/h9-14,19-20,27,33H,5-8,15-18H2,1-4H3. The Hall–Kier alpha value is -3.32. The topological polar surface area (TPSA) is 79.3 Å². The van der Waals surface area contributed by atoms with E-state index in [-0.39, 0.29) is 17.4 Å². The molecule has 4 rings (SSSR count). The Bertz CT molecular complexity index is 1150. The third-order valence-corrected chi connectivity index (χ3v) is 7.22. The van der Waals surface area contributed by atoms with Gasteiger partial charge >= 0.3 is 0 Å². The number of nitrogens with zero attached hydrogens (tertiary/aromatic N) is 2. The van der Waals surface area contributed by atoms with Gasteiger partial charge < -0.3 is 24.4 Å². The Balaban J connectivity index is 1.72. The Kier molecular flexibility index (Phi) is 8.54. The van der Waals surface area contributed by atoms with Gasteiger partial charge in [-0.1, -0.05) is 39.3 Å². The second-order valence-electron chi connectivity index (χ2n) is 9.75. The molecule has 2 aliphatic heterocycles. The van der Waals surface area contributed by atoms with E-state index in [1.165, 1.54) is 0 Å². The van der Waals surface area contributed by atoms with E-state index < -0.39 is 17.7 Å². The zero-order valence-corrected chi connectivity index (χ0v) is 22.3. The lowest BCUT2D eigenvalue weighted by atomic mass is 9.94. The van der Waals surface area contributed by atoms with Crippen LogP contribution in [0.1, 0.15) is 63.3 Å². The van der Waals surface area contributed by atoms with Crippen LogP contribution in [0.3, 0.4) is 0 Å². The van der Waals surface area contributed by atoms with Gasteiger partial charge in [-0.15, -0.1) is 0 Å². The number of rotatable bonds is 11. The van der Waals surface area contributed by atoms with Crippen LogP contribution < -0.4 is 9.47 Å². The summed E-state index contributed by atoms with van der Waals surface area (Å²) in [6.45, 7) is 11.6. The average Bonchev–Trinajstić information content (AvgIpc) is 3.40. The van der Waals surface area contributed by atoms with Crippen molar-refractivity contribution in [2.45, 2.75) is 59.1 Å². The van der Waals surface area contributed by atoms with Gasteiger partial charge in [-0.2, -0.15) is 0 Å². The highest BCUT2D eigenvalue weighted by Crippen LogP contribution is 2.41. The number of ether oxygens (including phenoxy) is 2. The minimum atomic E-state index is -0.677. The van der Waals surface area contributed by atoms with E-state index in [1.807, 2.05) is 43.3 Å². The zero-order valence-electron chi connectivity index (χ0n) is 22.3. The van der Waals surface area contributed by atoms with Crippen LogP contribution in [-0.2, 0) is 16.0 Å². The lowest BCUT2D eigenvalue weighted by Crippen LogP contribution is -2.38. The highest BCUT2D eigenvalue weighted by molar-refractivity contribution is 6.46. The first-order chi connectivity index (χ1) is 17.9. The number of Topliss-reactive ketones (excluding diaryl/α,β-unsaturated/α-hetero) is 1. The second kappa shape index (κ2) is 11.8. The molecule has 2 heterocycles. The fourth-order valence-electron chi connectivity index (χ4n) is 5.05. The van der Waals surface area contributed by atoms with Crippen molar-refractivity contribution in [3.8, 4) is 11.5 Å². The van der Waals surface area contributed by atoms with E-state index in [2.05, 4.69) is 25.7 Å². The summed E-state index contributed by atoms with van der Waals surface area (Å²) in [5.74, 6) is 0.138. The average molecular weight is 507 g/mol. The van der Waals surface area contributed by atoms with Gasteiger partial charge in [0.15, 0.2) is 0 Å². The Morgan fingerprint density at radius 2 is 1.84 bits per heavy atom. The molecule has 1 N–H and O–H groups in total. The molecule has 2 aromatic rings. The molecule has 2 unspecified atom stereocenters.